The molecule has 6 N–H and O–H groups in total. The highest BCUT2D eigenvalue weighted by Crippen LogP contribution is 2.13. The Morgan fingerprint density at radius 3 is 1.90 bits per heavy atom. The Morgan fingerprint density at radius 2 is 1.50 bits per heavy atom. The van der Waals surface area contributed by atoms with Gasteiger partial charge in [0, 0.05) is 0 Å². The normalized spacial score (nSPS) is 18.3. The summed E-state index contributed by atoms with van der Waals surface area (Å²) in [7, 11) is 0. The topological polar surface area (TPSA) is 191 Å². The molecule has 0 bridgehead atoms. The van der Waals surface area contributed by atoms with Gasteiger partial charge in [-0.2, -0.15) is 0 Å². The van der Waals surface area contributed by atoms with Crippen molar-refractivity contribution in [3.63, 3.8) is 0 Å². The highest BCUT2D eigenvalue weighted by molar-refractivity contribution is 5.79. The van der Waals surface area contributed by atoms with Crippen LogP contribution in [0.3, 0.4) is 0 Å². The van der Waals surface area contributed by atoms with Gasteiger partial charge in [-0.05, 0) is 0 Å². The second-order valence-electron chi connectivity index (χ2n) is 3.41. The van der Waals surface area contributed by atoms with Gasteiger partial charge in [-0.1, -0.05) is 0 Å². The van der Waals surface area contributed by atoms with E-state index in [0.717, 1.165) is 0 Å². The molecule has 0 aliphatic rings. The molecule has 0 rings (SSSR count). The molecule has 0 aliphatic carbocycles. The van der Waals surface area contributed by atoms with Crippen molar-refractivity contribution in [1.82, 2.24) is 0 Å². The summed E-state index contributed by atoms with van der Waals surface area (Å²) in [6.45, 7) is -2.18. The lowest BCUT2D eigenvalue weighted by atomic mass is 10.3. The molecule has 0 saturated heterocycles. The van der Waals surface area contributed by atoms with Crippen molar-refractivity contribution in [1.29, 1.82) is 0 Å². The lowest BCUT2D eigenvalue weighted by Crippen LogP contribution is -2.52. The van der Waals surface area contributed by atoms with Crippen molar-refractivity contribution >= 4 is 18.2 Å². The van der Waals surface area contributed by atoms with Gasteiger partial charge in [-0.15, -0.1) is 0 Å². The summed E-state index contributed by atoms with van der Waals surface area (Å²) in [5, 5.41) is 53.1. The van der Waals surface area contributed by atoms with Gasteiger partial charge in [0.25, 0.3) is 12.6 Å². The number of ether oxygens (including phenoxy) is 2. The molecule has 0 aromatic carbocycles. The van der Waals surface area contributed by atoms with Crippen LogP contribution in [0.1, 0.15) is 0 Å². The number of esters is 2. The van der Waals surface area contributed by atoms with Gasteiger partial charge in [0.1, 0.15) is 0 Å². The van der Waals surface area contributed by atoms with Gasteiger partial charge in [-0.25, -0.2) is 9.59 Å². The maximum Gasteiger partial charge on any atom is 0.342 e. The summed E-state index contributed by atoms with van der Waals surface area (Å²) in [5.41, 5.74) is 0. The largest absolute Gasteiger partial charge is 0.426 e. The number of carbonyl (C=O) groups excluding carboxylic acids is 3. The first-order chi connectivity index (χ1) is 9.21. The predicted octanol–water partition coefficient (Wildman–Crippen LogP) is -5.10. The van der Waals surface area contributed by atoms with Crippen LogP contribution in [0.25, 0.3) is 0 Å². The van der Waals surface area contributed by atoms with Gasteiger partial charge in [0.15, 0.2) is 12.2 Å². The number of carbonyl (C=O) groups is 2. The number of aliphatic hydroxyl groups is 6. The molecule has 0 aromatic rings. The average Bonchev–Trinajstić information content (AvgIpc) is 2.44. The van der Waals surface area contributed by atoms with Crippen molar-refractivity contribution < 1.29 is 54.5 Å². The molecular weight excluding hydrogens is 284 g/mol. The summed E-state index contributed by atoms with van der Waals surface area (Å²) in [6, 6.07) is 0. The van der Waals surface area contributed by atoms with Crippen molar-refractivity contribution in [2.75, 3.05) is 13.2 Å². The minimum absolute atomic E-state index is 0.649. The van der Waals surface area contributed by atoms with E-state index in [0.29, 0.717) is 6.29 Å². The van der Waals surface area contributed by atoms with Crippen LogP contribution in [0, 0.1) is 0 Å². The molecule has 0 fully saturated rings. The third-order valence-corrected chi connectivity index (χ3v) is 1.85. The fourth-order valence-corrected chi connectivity index (χ4v) is 0.761. The Bertz CT molecular complexity index is 356. The zero-order valence-electron chi connectivity index (χ0n) is 9.87. The average molecular weight is 297 g/mol. The molecule has 0 spiro atoms. The predicted molar refractivity (Wildman–Crippen MR) is 55.0 cm³/mol. The highest BCUT2D eigenvalue weighted by atomic mass is 16.7. The number of hydrogen-bond acceptors (Lipinski definition) is 11. The van der Waals surface area contributed by atoms with Crippen LogP contribution >= 0.6 is 0 Å². The van der Waals surface area contributed by atoms with E-state index < -0.39 is 49.4 Å². The first-order valence-electron chi connectivity index (χ1n) is 5.02. The molecule has 0 aliphatic heterocycles. The van der Waals surface area contributed by atoms with Crippen LogP contribution in [-0.4, -0.2) is 86.4 Å². The fourth-order valence-electron chi connectivity index (χ4n) is 0.761. The van der Waals surface area contributed by atoms with Crippen molar-refractivity contribution in [3.05, 3.63) is 0 Å². The van der Waals surface area contributed by atoms with E-state index in [2.05, 4.69) is 9.47 Å². The van der Waals surface area contributed by atoms with Crippen molar-refractivity contribution in [2.45, 2.75) is 24.3 Å². The zero-order valence-corrected chi connectivity index (χ0v) is 9.87. The lowest BCUT2D eigenvalue weighted by molar-refractivity contribution is -0.276. The van der Waals surface area contributed by atoms with Gasteiger partial charge in [0.2, 0.25) is 0 Å². The molecule has 1 radical (unpaired) electrons. The van der Waals surface area contributed by atoms with E-state index >= 15 is 0 Å². The van der Waals surface area contributed by atoms with E-state index in [-0.39, 0.29) is 0 Å². The molecular formula is C9H13O11. The maximum atomic E-state index is 11.0. The third kappa shape index (κ3) is 4.80. The first kappa shape index (κ1) is 18.4. The van der Waals surface area contributed by atoms with Gasteiger partial charge >= 0.3 is 17.7 Å². The monoisotopic (exact) mass is 297 g/mol. The van der Waals surface area contributed by atoms with E-state index in [1.54, 1.807) is 0 Å². The SMILES string of the molecule is O=[C]C(O)(OC(=O)C(O)CO)C(O)OC(=O)C(O)CO. The fraction of sp³-hybridized carbons (Fsp3) is 0.667. The molecule has 4 atom stereocenters. The van der Waals surface area contributed by atoms with Crippen LogP contribution in [0.2, 0.25) is 0 Å². The molecule has 4 unspecified atom stereocenters. The Balaban J connectivity index is 4.82. The van der Waals surface area contributed by atoms with Crippen molar-refractivity contribution in [3.8, 4) is 0 Å². The Hall–Kier alpha value is -1.63. The van der Waals surface area contributed by atoms with Gasteiger partial charge in [-0.3, -0.25) is 4.79 Å². The van der Waals surface area contributed by atoms with Gasteiger partial charge < -0.3 is 40.1 Å². The first-order valence-corrected chi connectivity index (χ1v) is 5.02. The summed E-state index contributed by atoms with van der Waals surface area (Å²) >= 11 is 0. The summed E-state index contributed by atoms with van der Waals surface area (Å²) in [4.78, 5) is 32.5. The second-order valence-corrected chi connectivity index (χ2v) is 3.41. The minimum atomic E-state index is -3.49. The molecule has 0 aromatic heterocycles. The number of hydrogen-bond donors (Lipinski definition) is 6. The molecule has 11 nitrogen and oxygen atoms in total. The summed E-state index contributed by atoms with van der Waals surface area (Å²) in [6.07, 6.45) is -6.33. The quantitative estimate of drug-likeness (QED) is 0.185. The standard InChI is InChI=1S/C9H13O11/c10-1-4(13)6(15)19-8(17)9(18,3-12)20-7(16)5(14)2-11/h4-5,8,10-11,13-14,17-18H,1-2H2. The second kappa shape index (κ2) is 7.84. The van der Waals surface area contributed by atoms with Crippen LogP contribution < -0.4 is 0 Å². The minimum Gasteiger partial charge on any atom is -0.426 e. The third-order valence-electron chi connectivity index (χ3n) is 1.85. The Morgan fingerprint density at radius 1 is 1.05 bits per heavy atom. The van der Waals surface area contributed by atoms with E-state index in [1.165, 1.54) is 0 Å². The van der Waals surface area contributed by atoms with Crippen LogP contribution in [0.5, 0.6) is 0 Å². The van der Waals surface area contributed by atoms with E-state index in [9.17, 15) is 24.6 Å². The molecule has 0 heterocycles. The molecule has 20 heavy (non-hydrogen) atoms. The highest BCUT2D eigenvalue weighted by Gasteiger charge is 2.46. The lowest BCUT2D eigenvalue weighted by Gasteiger charge is -2.26. The van der Waals surface area contributed by atoms with Gasteiger partial charge in [0.05, 0.1) is 13.2 Å². The van der Waals surface area contributed by atoms with E-state index in [1.807, 2.05) is 0 Å². The Kier molecular flexibility index (Phi) is 7.20. The zero-order chi connectivity index (χ0) is 15.9. The number of rotatable bonds is 8. The summed E-state index contributed by atoms with van der Waals surface area (Å²) < 4.78 is 7.87. The summed E-state index contributed by atoms with van der Waals surface area (Å²) in [5.74, 6) is -6.83. The van der Waals surface area contributed by atoms with Crippen LogP contribution in [-0.2, 0) is 23.9 Å². The smallest absolute Gasteiger partial charge is 0.342 e. The number of aliphatic hydroxyl groups excluding tert-OH is 5. The van der Waals surface area contributed by atoms with Crippen LogP contribution in [0.4, 0.5) is 0 Å². The molecule has 115 valence electrons. The van der Waals surface area contributed by atoms with Crippen molar-refractivity contribution in [2.24, 2.45) is 0 Å². The molecule has 11 heteroatoms. The maximum absolute atomic E-state index is 11.0. The Labute approximate surface area is 111 Å². The van der Waals surface area contributed by atoms with Crippen LogP contribution in [0.15, 0.2) is 0 Å². The molecule has 0 amide bonds. The van der Waals surface area contributed by atoms with E-state index in [4.69, 9.17) is 20.4 Å². The molecule has 0 saturated carbocycles.